The van der Waals surface area contributed by atoms with Crippen molar-refractivity contribution in [1.29, 1.82) is 0 Å². The molecule has 0 bridgehead atoms. The highest BCUT2D eigenvalue weighted by Gasteiger charge is 2.39. The molecule has 1 aromatic heterocycles. The molecule has 0 saturated heterocycles. The highest BCUT2D eigenvalue weighted by Crippen LogP contribution is 2.30. The minimum Gasteiger partial charge on any atom is -0.362 e. The number of hydrogen-bond acceptors (Lipinski definition) is 4. The third kappa shape index (κ3) is 2.58. The summed E-state index contributed by atoms with van der Waals surface area (Å²) in [7, 11) is 0. The van der Waals surface area contributed by atoms with Gasteiger partial charge < -0.3 is 15.2 Å². The minimum atomic E-state index is -4.46. The Morgan fingerprint density at radius 2 is 1.81 bits per heavy atom. The van der Waals surface area contributed by atoms with Crippen LogP contribution in [0.2, 0.25) is 0 Å². The van der Waals surface area contributed by atoms with Crippen LogP contribution in [0.3, 0.4) is 0 Å². The van der Waals surface area contributed by atoms with Gasteiger partial charge >= 0.3 is 6.18 Å². The molecule has 0 unspecified atom stereocenters. The lowest BCUT2D eigenvalue weighted by molar-refractivity contribution is -0.147. The zero-order chi connectivity index (χ0) is 15.0. The molecule has 0 atom stereocenters. The van der Waals surface area contributed by atoms with Crippen molar-refractivity contribution in [3.63, 3.8) is 0 Å². The summed E-state index contributed by atoms with van der Waals surface area (Å²) in [5, 5.41) is 6.93. The predicted octanol–water partition coefficient (Wildman–Crippen LogP) is 1.78. The molecule has 1 aromatic carbocycles. The Morgan fingerprint density at radius 3 is 2.43 bits per heavy atom. The summed E-state index contributed by atoms with van der Waals surface area (Å²) in [5.74, 6) is -0.591. The lowest BCUT2D eigenvalue weighted by Crippen LogP contribution is -2.35. The van der Waals surface area contributed by atoms with E-state index in [1.807, 2.05) is 29.2 Å². The number of alkyl halides is 3. The molecule has 0 fully saturated rings. The van der Waals surface area contributed by atoms with Gasteiger partial charge in [0.2, 0.25) is 5.82 Å². The molecular weight excluding hydrogens is 283 g/mol. The number of halogens is 3. The van der Waals surface area contributed by atoms with Gasteiger partial charge in [-0.25, -0.2) is 0 Å². The molecule has 1 aliphatic rings. The highest BCUT2D eigenvalue weighted by molar-refractivity contribution is 5.48. The first kappa shape index (κ1) is 13.9. The maximum Gasteiger partial charge on any atom is 0.451 e. The number of hydrogen-bond donors (Lipinski definition) is 1. The van der Waals surface area contributed by atoms with Crippen LogP contribution in [0.5, 0.6) is 0 Å². The summed E-state index contributed by atoms with van der Waals surface area (Å²) >= 11 is 0. The monoisotopic (exact) mass is 297 g/mol. The lowest BCUT2D eigenvalue weighted by atomic mass is 10.2. The van der Waals surface area contributed by atoms with Crippen molar-refractivity contribution in [2.45, 2.75) is 25.8 Å². The van der Waals surface area contributed by atoms with Gasteiger partial charge in [0.25, 0.3) is 0 Å². The van der Waals surface area contributed by atoms with Gasteiger partial charge in [-0.15, -0.1) is 10.2 Å². The third-order valence-corrected chi connectivity index (χ3v) is 3.54. The van der Waals surface area contributed by atoms with Crippen LogP contribution < -0.4 is 10.6 Å². The Labute approximate surface area is 119 Å². The first-order chi connectivity index (χ1) is 9.99. The van der Waals surface area contributed by atoms with E-state index in [9.17, 15) is 13.2 Å². The molecule has 2 heterocycles. The van der Waals surface area contributed by atoms with Gasteiger partial charge in [0.1, 0.15) is 0 Å². The Kier molecular flexibility index (Phi) is 3.32. The fourth-order valence-electron chi connectivity index (χ4n) is 2.43. The maximum atomic E-state index is 12.8. The van der Waals surface area contributed by atoms with Crippen molar-refractivity contribution < 1.29 is 13.2 Å². The number of anilines is 1. The minimum absolute atomic E-state index is 0.218. The Hall–Kier alpha value is -2.09. The fraction of sp³-hybridized carbons (Fsp3) is 0.385. The largest absolute Gasteiger partial charge is 0.451 e. The molecule has 112 valence electrons. The normalized spacial score (nSPS) is 15.1. The summed E-state index contributed by atoms with van der Waals surface area (Å²) < 4.78 is 39.4. The van der Waals surface area contributed by atoms with Crippen molar-refractivity contribution in [2.24, 2.45) is 5.73 Å². The van der Waals surface area contributed by atoms with E-state index in [0.29, 0.717) is 25.5 Å². The van der Waals surface area contributed by atoms with Gasteiger partial charge in [-0.3, -0.25) is 0 Å². The van der Waals surface area contributed by atoms with Crippen LogP contribution in [0.25, 0.3) is 0 Å². The molecule has 3 rings (SSSR count). The predicted molar refractivity (Wildman–Crippen MR) is 70.4 cm³/mol. The van der Waals surface area contributed by atoms with E-state index in [1.54, 1.807) is 0 Å². The molecule has 0 radical (unpaired) electrons. The molecule has 2 aromatic rings. The molecule has 0 saturated carbocycles. The second-order valence-corrected chi connectivity index (χ2v) is 4.88. The summed E-state index contributed by atoms with van der Waals surface area (Å²) in [6, 6.07) is 7.66. The Morgan fingerprint density at radius 1 is 1.10 bits per heavy atom. The summed E-state index contributed by atoms with van der Waals surface area (Å²) in [6.45, 7) is 1.47. The third-order valence-electron chi connectivity index (χ3n) is 3.54. The second-order valence-electron chi connectivity index (χ2n) is 4.88. The van der Waals surface area contributed by atoms with E-state index < -0.39 is 12.0 Å². The maximum absolute atomic E-state index is 12.8. The van der Waals surface area contributed by atoms with Crippen molar-refractivity contribution in [1.82, 2.24) is 14.8 Å². The summed E-state index contributed by atoms with van der Waals surface area (Å²) in [6.07, 6.45) is -4.46. The average molecular weight is 297 g/mol. The Balaban J connectivity index is 1.83. The number of fused-ring (bicyclic) bond motifs is 1. The summed E-state index contributed by atoms with van der Waals surface area (Å²) in [5.41, 5.74) is 7.50. The van der Waals surface area contributed by atoms with E-state index in [4.69, 9.17) is 5.73 Å². The van der Waals surface area contributed by atoms with Crippen LogP contribution in [0.4, 0.5) is 18.9 Å². The van der Waals surface area contributed by atoms with Gasteiger partial charge in [-0.2, -0.15) is 13.2 Å². The van der Waals surface area contributed by atoms with E-state index in [0.717, 1.165) is 15.8 Å². The Bertz CT molecular complexity index is 632. The van der Waals surface area contributed by atoms with Gasteiger partial charge in [-0.1, -0.05) is 12.1 Å². The molecular formula is C13H14F3N5. The quantitative estimate of drug-likeness (QED) is 0.918. The van der Waals surface area contributed by atoms with Crippen molar-refractivity contribution in [2.75, 3.05) is 11.4 Å². The van der Waals surface area contributed by atoms with E-state index >= 15 is 0 Å². The highest BCUT2D eigenvalue weighted by atomic mass is 19.4. The summed E-state index contributed by atoms with van der Waals surface area (Å²) in [4.78, 5) is 1.98. The van der Waals surface area contributed by atoms with Crippen molar-refractivity contribution in [3.05, 3.63) is 41.5 Å². The molecule has 21 heavy (non-hydrogen) atoms. The molecule has 0 amide bonds. The molecule has 8 heteroatoms. The molecule has 0 aliphatic carbocycles. The van der Waals surface area contributed by atoms with Gasteiger partial charge in [0.15, 0.2) is 5.82 Å². The molecule has 1 aliphatic heterocycles. The number of aromatic nitrogens is 3. The first-order valence-corrected chi connectivity index (χ1v) is 6.52. The SMILES string of the molecule is NCc1ccc(N2CCn3c(nnc3C(F)(F)F)C2)cc1. The zero-order valence-electron chi connectivity index (χ0n) is 11.1. The molecule has 0 spiro atoms. The number of nitrogens with zero attached hydrogens (tertiary/aromatic N) is 4. The van der Waals surface area contributed by atoms with E-state index in [2.05, 4.69) is 10.2 Å². The number of nitrogens with two attached hydrogens (primary N) is 1. The van der Waals surface area contributed by atoms with E-state index in [-0.39, 0.29) is 6.54 Å². The number of rotatable bonds is 2. The second kappa shape index (κ2) is 5.03. The lowest BCUT2D eigenvalue weighted by Gasteiger charge is -2.29. The van der Waals surface area contributed by atoms with Gasteiger partial charge in [0.05, 0.1) is 6.54 Å². The van der Waals surface area contributed by atoms with Crippen molar-refractivity contribution in [3.8, 4) is 0 Å². The van der Waals surface area contributed by atoms with Crippen LogP contribution in [0.1, 0.15) is 17.2 Å². The van der Waals surface area contributed by atoms with Crippen LogP contribution >= 0.6 is 0 Å². The fourth-order valence-corrected chi connectivity index (χ4v) is 2.43. The smallest absolute Gasteiger partial charge is 0.362 e. The van der Waals surface area contributed by atoms with Crippen LogP contribution in [-0.2, 0) is 25.8 Å². The molecule has 2 N–H and O–H groups in total. The molecule has 5 nitrogen and oxygen atoms in total. The van der Waals surface area contributed by atoms with Crippen LogP contribution in [-0.4, -0.2) is 21.3 Å². The van der Waals surface area contributed by atoms with Crippen molar-refractivity contribution >= 4 is 5.69 Å². The van der Waals surface area contributed by atoms with Gasteiger partial charge in [0, 0.05) is 25.3 Å². The van der Waals surface area contributed by atoms with E-state index in [1.165, 1.54) is 0 Å². The topological polar surface area (TPSA) is 60.0 Å². The number of benzene rings is 1. The van der Waals surface area contributed by atoms with Crippen LogP contribution in [0.15, 0.2) is 24.3 Å². The average Bonchev–Trinajstić information content (AvgIpc) is 2.90. The van der Waals surface area contributed by atoms with Crippen LogP contribution in [0, 0.1) is 0 Å². The zero-order valence-corrected chi connectivity index (χ0v) is 11.1. The standard InChI is InChI=1S/C13H14F3N5/c14-13(15,16)12-19-18-11-8-20(5-6-21(11)12)10-3-1-9(7-17)2-4-10/h1-4H,5-8,17H2. The van der Waals surface area contributed by atoms with Gasteiger partial charge in [-0.05, 0) is 17.7 Å². The first-order valence-electron chi connectivity index (χ1n) is 6.52.